The van der Waals surface area contributed by atoms with Gasteiger partial charge < -0.3 is 13.9 Å². The summed E-state index contributed by atoms with van der Waals surface area (Å²) in [5, 5.41) is 0. The lowest BCUT2D eigenvalue weighted by molar-refractivity contribution is -0.133. The molecule has 0 radical (unpaired) electrons. The van der Waals surface area contributed by atoms with Gasteiger partial charge in [-0.15, -0.1) is 0 Å². The van der Waals surface area contributed by atoms with E-state index in [2.05, 4.69) is 9.97 Å². The zero-order valence-electron chi connectivity index (χ0n) is 16.6. The Hall–Kier alpha value is -2.96. The van der Waals surface area contributed by atoms with E-state index in [1.54, 1.807) is 24.5 Å². The fraction of sp³-hybridized carbons (Fsp3) is 0.409. The molecule has 1 aliphatic heterocycles. The number of hydrogen-bond acceptors (Lipinski definition) is 4. The first-order valence-electron chi connectivity index (χ1n) is 10.1. The topological polar surface area (TPSA) is 64.2 Å². The zero-order chi connectivity index (χ0) is 20.2. The maximum atomic E-state index is 13.1. The van der Waals surface area contributed by atoms with Gasteiger partial charge in [0.1, 0.15) is 23.9 Å². The number of amides is 1. The molecular formula is C22H25FN4O2. The largest absolute Gasteiger partial charge is 0.445 e. The van der Waals surface area contributed by atoms with Crippen LogP contribution in [-0.2, 0) is 24.2 Å². The molecular weight excluding hydrogens is 371 g/mol. The van der Waals surface area contributed by atoms with Gasteiger partial charge in [0.2, 0.25) is 5.91 Å². The van der Waals surface area contributed by atoms with Crippen LogP contribution in [0.25, 0.3) is 0 Å². The number of hydrogen-bond donors (Lipinski definition) is 0. The van der Waals surface area contributed by atoms with Gasteiger partial charge in [0.15, 0.2) is 5.89 Å². The molecule has 1 fully saturated rings. The summed E-state index contributed by atoms with van der Waals surface area (Å²) in [6.07, 6.45) is 8.58. The molecule has 7 heteroatoms. The summed E-state index contributed by atoms with van der Waals surface area (Å²) >= 11 is 0. The van der Waals surface area contributed by atoms with Gasteiger partial charge in [0.05, 0.1) is 12.1 Å². The van der Waals surface area contributed by atoms with E-state index in [1.807, 2.05) is 22.6 Å². The number of rotatable bonds is 6. The van der Waals surface area contributed by atoms with Crippen LogP contribution >= 0.6 is 0 Å². The zero-order valence-corrected chi connectivity index (χ0v) is 16.6. The number of aryl methyl sites for hydroxylation is 1. The Kier molecular flexibility index (Phi) is 5.74. The first-order valence-corrected chi connectivity index (χ1v) is 10.1. The van der Waals surface area contributed by atoms with E-state index in [1.165, 1.54) is 12.1 Å². The number of nitrogens with zero attached hydrogens (tertiary/aromatic N) is 4. The number of benzene rings is 1. The Labute approximate surface area is 169 Å². The Bertz CT molecular complexity index is 963. The maximum absolute atomic E-state index is 13.1. The van der Waals surface area contributed by atoms with Crippen LogP contribution in [0.2, 0.25) is 0 Å². The fourth-order valence-corrected chi connectivity index (χ4v) is 3.85. The summed E-state index contributed by atoms with van der Waals surface area (Å²) in [4.78, 5) is 23.4. The Balaban J connectivity index is 1.38. The maximum Gasteiger partial charge on any atom is 0.242 e. The van der Waals surface area contributed by atoms with Crippen LogP contribution in [-0.4, -0.2) is 38.4 Å². The summed E-state index contributed by atoms with van der Waals surface area (Å²) in [6, 6.07) is 6.39. The fourth-order valence-electron chi connectivity index (χ4n) is 3.85. The second-order valence-corrected chi connectivity index (χ2v) is 7.47. The van der Waals surface area contributed by atoms with Crippen molar-refractivity contribution in [3.8, 4) is 0 Å². The van der Waals surface area contributed by atoms with E-state index in [-0.39, 0.29) is 17.6 Å². The third-order valence-corrected chi connectivity index (χ3v) is 5.41. The molecule has 0 N–H and O–H groups in total. The summed E-state index contributed by atoms with van der Waals surface area (Å²) in [5.41, 5.74) is 0.974. The minimum atomic E-state index is -0.249. The molecule has 0 saturated carbocycles. The second kappa shape index (κ2) is 8.59. The SMILES string of the molecule is CCc1nccn1CC(=O)N1CCC[C@H](c2ncc(Cc3ccc(F)cc3)o2)C1. The van der Waals surface area contributed by atoms with Crippen molar-refractivity contribution in [2.45, 2.75) is 45.1 Å². The first-order chi connectivity index (χ1) is 14.1. The van der Waals surface area contributed by atoms with Gasteiger partial charge in [-0.25, -0.2) is 14.4 Å². The molecule has 1 atom stereocenters. The molecule has 6 nitrogen and oxygen atoms in total. The summed E-state index contributed by atoms with van der Waals surface area (Å²) in [5.74, 6) is 2.30. The number of oxazole rings is 1. The average Bonchev–Trinajstić information content (AvgIpc) is 3.39. The molecule has 1 aliphatic rings. The monoisotopic (exact) mass is 396 g/mol. The molecule has 1 amide bonds. The first kappa shape index (κ1) is 19.4. The van der Waals surface area contributed by atoms with Crippen molar-refractivity contribution in [3.63, 3.8) is 0 Å². The van der Waals surface area contributed by atoms with Gasteiger partial charge in [-0.05, 0) is 30.5 Å². The summed E-state index contributed by atoms with van der Waals surface area (Å²) in [6.45, 7) is 3.73. The Morgan fingerprint density at radius 2 is 2.10 bits per heavy atom. The van der Waals surface area contributed by atoms with Gasteiger partial charge in [-0.2, -0.15) is 0 Å². The molecule has 1 saturated heterocycles. The highest BCUT2D eigenvalue weighted by Gasteiger charge is 2.28. The van der Waals surface area contributed by atoms with Crippen molar-refractivity contribution in [2.75, 3.05) is 13.1 Å². The quantitative estimate of drug-likeness (QED) is 0.639. The lowest BCUT2D eigenvalue weighted by Gasteiger charge is -2.31. The van der Waals surface area contributed by atoms with Crippen molar-refractivity contribution in [1.82, 2.24) is 19.4 Å². The van der Waals surface area contributed by atoms with Crippen LogP contribution in [0.4, 0.5) is 4.39 Å². The lowest BCUT2D eigenvalue weighted by Crippen LogP contribution is -2.41. The predicted molar refractivity (Wildman–Crippen MR) is 106 cm³/mol. The number of carbonyl (C=O) groups is 1. The van der Waals surface area contributed by atoms with E-state index < -0.39 is 0 Å². The van der Waals surface area contributed by atoms with E-state index in [0.717, 1.165) is 43.0 Å². The van der Waals surface area contributed by atoms with Crippen LogP contribution in [0.1, 0.15) is 48.7 Å². The highest BCUT2D eigenvalue weighted by atomic mass is 19.1. The molecule has 2 aromatic heterocycles. The summed E-state index contributed by atoms with van der Waals surface area (Å²) < 4.78 is 20.9. The Morgan fingerprint density at radius 3 is 2.90 bits per heavy atom. The lowest BCUT2D eigenvalue weighted by atomic mass is 9.98. The highest BCUT2D eigenvalue weighted by molar-refractivity contribution is 5.76. The molecule has 0 bridgehead atoms. The molecule has 3 heterocycles. The van der Waals surface area contributed by atoms with Crippen molar-refractivity contribution in [2.24, 2.45) is 0 Å². The second-order valence-electron chi connectivity index (χ2n) is 7.47. The normalized spacial score (nSPS) is 16.9. The minimum Gasteiger partial charge on any atom is -0.445 e. The van der Waals surface area contributed by atoms with Crippen LogP contribution in [0, 0.1) is 5.82 Å². The average molecular weight is 396 g/mol. The van der Waals surface area contributed by atoms with Gasteiger partial charge in [-0.3, -0.25) is 4.79 Å². The number of imidazole rings is 1. The predicted octanol–water partition coefficient (Wildman–Crippen LogP) is 3.57. The molecule has 1 aromatic carbocycles. The molecule has 152 valence electrons. The van der Waals surface area contributed by atoms with Crippen LogP contribution in [0.15, 0.2) is 47.3 Å². The number of likely N-dealkylation sites (tertiary alicyclic amines) is 1. The third kappa shape index (κ3) is 4.55. The van der Waals surface area contributed by atoms with E-state index in [0.29, 0.717) is 25.4 Å². The molecule has 29 heavy (non-hydrogen) atoms. The smallest absolute Gasteiger partial charge is 0.242 e. The van der Waals surface area contributed by atoms with Gasteiger partial charge >= 0.3 is 0 Å². The van der Waals surface area contributed by atoms with E-state index in [4.69, 9.17) is 4.42 Å². The van der Waals surface area contributed by atoms with Gasteiger partial charge in [0.25, 0.3) is 0 Å². The standard InChI is InChI=1S/C22H25FN4O2/c1-2-20-24-9-11-26(20)15-21(28)27-10-3-4-17(14-27)22-25-13-19(29-22)12-16-5-7-18(23)8-6-16/h5-9,11,13,17H,2-4,10,12,14-15H2,1H3/t17-/m0/s1. The van der Waals surface area contributed by atoms with Crippen LogP contribution in [0.3, 0.4) is 0 Å². The molecule has 0 spiro atoms. The van der Waals surface area contributed by atoms with Crippen molar-refractivity contribution >= 4 is 5.91 Å². The van der Waals surface area contributed by atoms with E-state index >= 15 is 0 Å². The molecule has 4 rings (SSSR count). The van der Waals surface area contributed by atoms with Crippen molar-refractivity contribution < 1.29 is 13.6 Å². The molecule has 3 aromatic rings. The Morgan fingerprint density at radius 1 is 1.28 bits per heavy atom. The van der Waals surface area contributed by atoms with Crippen LogP contribution in [0.5, 0.6) is 0 Å². The van der Waals surface area contributed by atoms with Crippen LogP contribution < -0.4 is 0 Å². The van der Waals surface area contributed by atoms with Gasteiger partial charge in [0, 0.05) is 38.3 Å². The van der Waals surface area contributed by atoms with Crippen molar-refractivity contribution in [3.05, 3.63) is 71.7 Å². The number of aromatic nitrogens is 3. The number of carbonyl (C=O) groups excluding carboxylic acids is 1. The third-order valence-electron chi connectivity index (χ3n) is 5.41. The minimum absolute atomic E-state index is 0.0977. The van der Waals surface area contributed by atoms with E-state index in [9.17, 15) is 9.18 Å². The molecule has 0 aliphatic carbocycles. The number of halogens is 1. The molecule has 0 unspecified atom stereocenters. The summed E-state index contributed by atoms with van der Waals surface area (Å²) in [7, 11) is 0. The number of piperidine rings is 1. The highest BCUT2D eigenvalue weighted by Crippen LogP contribution is 2.27. The van der Waals surface area contributed by atoms with Gasteiger partial charge in [-0.1, -0.05) is 19.1 Å². The van der Waals surface area contributed by atoms with Crippen molar-refractivity contribution in [1.29, 1.82) is 0 Å².